The average molecular weight is 558 g/mol. The quantitative estimate of drug-likeness (QED) is 0.232. The lowest BCUT2D eigenvalue weighted by Crippen LogP contribution is -2.27. The highest BCUT2D eigenvalue weighted by molar-refractivity contribution is 14.0. The van der Waals surface area contributed by atoms with Gasteiger partial charge in [0, 0.05) is 18.3 Å². The van der Waals surface area contributed by atoms with Gasteiger partial charge in [-0.3, -0.25) is 0 Å². The normalized spacial score (nSPS) is 11.0. The summed E-state index contributed by atoms with van der Waals surface area (Å²) in [5, 5.41) is 3.06. The second-order valence-electron chi connectivity index (χ2n) is 6.76. The van der Waals surface area contributed by atoms with E-state index in [1.807, 2.05) is 24.3 Å². The second-order valence-corrected chi connectivity index (χ2v) is 6.76. The maximum atomic E-state index is 6.04. The third-order valence-corrected chi connectivity index (χ3v) is 4.88. The van der Waals surface area contributed by atoms with E-state index in [1.54, 1.807) is 33.5 Å². The molecule has 2 rings (SSSR count). The predicted molar refractivity (Wildman–Crippen MR) is 140 cm³/mol. The van der Waals surface area contributed by atoms with Crippen molar-refractivity contribution in [2.75, 3.05) is 52.9 Å². The van der Waals surface area contributed by atoms with Crippen LogP contribution >= 0.6 is 24.0 Å². The average Bonchev–Trinajstić information content (AvgIpc) is 2.80. The minimum absolute atomic E-state index is 0. The van der Waals surface area contributed by atoms with Crippen molar-refractivity contribution >= 4 is 35.6 Å². The molecule has 3 N–H and O–H groups in total. The molecule has 9 heteroatoms. The molecule has 0 saturated carbocycles. The number of benzene rings is 2. The molecular weight excluding hydrogens is 523 g/mol. The highest BCUT2D eigenvalue weighted by Gasteiger charge is 2.08. The first kappa shape index (κ1) is 27.6. The van der Waals surface area contributed by atoms with Crippen LogP contribution in [0.3, 0.4) is 0 Å². The fourth-order valence-corrected chi connectivity index (χ4v) is 3.03. The van der Waals surface area contributed by atoms with Gasteiger partial charge in [0.05, 0.1) is 27.9 Å². The molecule has 178 valence electrons. The summed E-state index contributed by atoms with van der Waals surface area (Å²) >= 11 is 0. The van der Waals surface area contributed by atoms with Crippen LogP contribution in [-0.2, 0) is 6.54 Å². The molecule has 0 saturated heterocycles. The standard InChI is InChI=1S/C23H34N4O4.HI/c1-6-27(7-2)12-13-31-20-10-8-17(14-21(20)29-4)16-25-23(24)26-18-9-11-19(28-3)22(15-18)30-5;/h8-11,14-15H,6-7,12-13,16H2,1-5H3,(H3,24,25,26);1H. The highest BCUT2D eigenvalue weighted by atomic mass is 127. The maximum absolute atomic E-state index is 6.04. The number of hydrogen-bond acceptors (Lipinski definition) is 6. The Kier molecular flexibility index (Phi) is 12.6. The van der Waals surface area contributed by atoms with Crippen LogP contribution in [0.15, 0.2) is 41.4 Å². The molecule has 0 atom stereocenters. The number of likely N-dealkylation sites (N-methyl/N-ethyl adjacent to an activating group) is 1. The predicted octanol–water partition coefficient (Wildman–Crippen LogP) is 3.98. The molecule has 0 aliphatic heterocycles. The van der Waals surface area contributed by atoms with Crippen molar-refractivity contribution in [3.63, 3.8) is 0 Å². The van der Waals surface area contributed by atoms with E-state index in [2.05, 4.69) is 29.1 Å². The summed E-state index contributed by atoms with van der Waals surface area (Å²) in [5.74, 6) is 2.96. The van der Waals surface area contributed by atoms with Crippen LogP contribution in [0.25, 0.3) is 0 Å². The first-order valence-electron chi connectivity index (χ1n) is 10.4. The monoisotopic (exact) mass is 558 g/mol. The largest absolute Gasteiger partial charge is 0.493 e. The number of ether oxygens (including phenoxy) is 4. The molecule has 32 heavy (non-hydrogen) atoms. The minimum atomic E-state index is 0. The van der Waals surface area contributed by atoms with E-state index < -0.39 is 0 Å². The van der Waals surface area contributed by atoms with E-state index in [1.165, 1.54) is 0 Å². The molecule has 0 radical (unpaired) electrons. The fraction of sp³-hybridized carbons (Fsp3) is 0.435. The number of nitrogens with zero attached hydrogens (tertiary/aromatic N) is 2. The molecule has 0 amide bonds. The van der Waals surface area contributed by atoms with E-state index in [0.717, 1.165) is 36.6 Å². The zero-order chi connectivity index (χ0) is 22.6. The number of anilines is 1. The molecule has 2 aromatic carbocycles. The summed E-state index contributed by atoms with van der Waals surface area (Å²) in [6, 6.07) is 11.2. The summed E-state index contributed by atoms with van der Waals surface area (Å²) in [6.45, 7) is 8.19. The van der Waals surface area contributed by atoms with Crippen LogP contribution < -0.4 is 30.0 Å². The van der Waals surface area contributed by atoms with Crippen molar-refractivity contribution in [1.82, 2.24) is 4.90 Å². The van der Waals surface area contributed by atoms with Gasteiger partial charge >= 0.3 is 0 Å². The lowest BCUT2D eigenvalue weighted by atomic mass is 10.2. The fourth-order valence-electron chi connectivity index (χ4n) is 3.03. The first-order chi connectivity index (χ1) is 15.0. The molecule has 0 unspecified atom stereocenters. The molecule has 0 fully saturated rings. The van der Waals surface area contributed by atoms with Crippen molar-refractivity contribution in [1.29, 1.82) is 0 Å². The van der Waals surface area contributed by atoms with Crippen molar-refractivity contribution < 1.29 is 18.9 Å². The van der Waals surface area contributed by atoms with Gasteiger partial charge in [-0.2, -0.15) is 0 Å². The second kappa shape index (κ2) is 14.6. The Morgan fingerprint density at radius 2 is 1.53 bits per heavy atom. The van der Waals surface area contributed by atoms with Crippen molar-refractivity contribution in [2.24, 2.45) is 10.7 Å². The Labute approximate surface area is 208 Å². The van der Waals surface area contributed by atoms with Crippen molar-refractivity contribution in [3.05, 3.63) is 42.0 Å². The van der Waals surface area contributed by atoms with E-state index >= 15 is 0 Å². The Bertz CT molecular complexity index is 860. The number of nitrogens with two attached hydrogens (primary N) is 1. The molecular formula is C23H35IN4O4. The maximum Gasteiger partial charge on any atom is 0.193 e. The van der Waals surface area contributed by atoms with E-state index in [-0.39, 0.29) is 24.0 Å². The Balaban J connectivity index is 0.00000512. The molecule has 0 aliphatic rings. The number of nitrogens with one attached hydrogen (secondary N) is 1. The van der Waals surface area contributed by atoms with Crippen LogP contribution in [0.4, 0.5) is 5.69 Å². The SMILES string of the molecule is CCN(CC)CCOc1ccc(CN=C(N)Nc2ccc(OC)c(OC)c2)cc1OC.I. The number of aliphatic imine (C=N–C) groups is 1. The van der Waals surface area contributed by atoms with Gasteiger partial charge in [0.25, 0.3) is 0 Å². The summed E-state index contributed by atoms with van der Waals surface area (Å²) in [5.41, 5.74) is 7.76. The van der Waals surface area contributed by atoms with Gasteiger partial charge in [-0.25, -0.2) is 4.99 Å². The summed E-state index contributed by atoms with van der Waals surface area (Å²) in [7, 11) is 4.81. The molecule has 0 heterocycles. The number of halogens is 1. The van der Waals surface area contributed by atoms with Crippen LogP contribution in [0.2, 0.25) is 0 Å². The summed E-state index contributed by atoms with van der Waals surface area (Å²) < 4.78 is 21.9. The Hall–Kier alpha value is -2.40. The molecule has 0 aliphatic carbocycles. The number of guanidine groups is 1. The van der Waals surface area contributed by atoms with Gasteiger partial charge in [0.2, 0.25) is 0 Å². The van der Waals surface area contributed by atoms with Crippen LogP contribution in [0.1, 0.15) is 19.4 Å². The zero-order valence-electron chi connectivity index (χ0n) is 19.5. The van der Waals surface area contributed by atoms with Gasteiger partial charge in [-0.15, -0.1) is 24.0 Å². The Morgan fingerprint density at radius 1 is 0.906 bits per heavy atom. The molecule has 0 bridgehead atoms. The van der Waals surface area contributed by atoms with Crippen molar-refractivity contribution in [2.45, 2.75) is 20.4 Å². The zero-order valence-corrected chi connectivity index (χ0v) is 21.8. The molecule has 0 aromatic heterocycles. The van der Waals surface area contributed by atoms with Gasteiger partial charge in [-0.1, -0.05) is 19.9 Å². The number of methoxy groups -OCH3 is 3. The van der Waals surface area contributed by atoms with Gasteiger partial charge in [0.15, 0.2) is 29.0 Å². The van der Waals surface area contributed by atoms with E-state index in [0.29, 0.717) is 36.4 Å². The lowest BCUT2D eigenvalue weighted by Gasteiger charge is -2.19. The molecule has 2 aromatic rings. The summed E-state index contributed by atoms with van der Waals surface area (Å²) in [4.78, 5) is 6.72. The first-order valence-corrected chi connectivity index (χ1v) is 10.4. The number of rotatable bonds is 12. The molecule has 8 nitrogen and oxygen atoms in total. The minimum Gasteiger partial charge on any atom is -0.493 e. The van der Waals surface area contributed by atoms with Gasteiger partial charge in [-0.05, 0) is 42.9 Å². The third-order valence-electron chi connectivity index (χ3n) is 4.88. The van der Waals surface area contributed by atoms with E-state index in [4.69, 9.17) is 24.7 Å². The number of hydrogen-bond donors (Lipinski definition) is 2. The highest BCUT2D eigenvalue weighted by Crippen LogP contribution is 2.30. The lowest BCUT2D eigenvalue weighted by molar-refractivity contribution is 0.217. The smallest absolute Gasteiger partial charge is 0.193 e. The van der Waals surface area contributed by atoms with Gasteiger partial charge < -0.3 is 34.9 Å². The topological polar surface area (TPSA) is 90.6 Å². The van der Waals surface area contributed by atoms with Gasteiger partial charge in [0.1, 0.15) is 6.61 Å². The van der Waals surface area contributed by atoms with E-state index in [9.17, 15) is 0 Å². The molecule has 0 spiro atoms. The summed E-state index contributed by atoms with van der Waals surface area (Å²) in [6.07, 6.45) is 0. The van der Waals surface area contributed by atoms with Crippen molar-refractivity contribution in [3.8, 4) is 23.0 Å². The Morgan fingerprint density at radius 3 is 2.16 bits per heavy atom. The van der Waals surface area contributed by atoms with Crippen LogP contribution in [0, 0.1) is 0 Å². The third kappa shape index (κ3) is 8.27. The van der Waals surface area contributed by atoms with Crippen LogP contribution in [0.5, 0.6) is 23.0 Å². The van der Waals surface area contributed by atoms with Crippen LogP contribution in [-0.4, -0.2) is 58.4 Å².